The molecule has 1 saturated heterocycles. The van der Waals surface area contributed by atoms with Crippen molar-refractivity contribution in [2.75, 3.05) is 25.0 Å². The third-order valence-electron chi connectivity index (χ3n) is 6.16. The molecule has 0 aromatic heterocycles. The summed E-state index contributed by atoms with van der Waals surface area (Å²) in [6, 6.07) is 8.53. The van der Waals surface area contributed by atoms with Crippen molar-refractivity contribution in [2.24, 2.45) is 5.92 Å². The topological polar surface area (TPSA) is 52.7 Å². The summed E-state index contributed by atoms with van der Waals surface area (Å²) in [6.45, 7) is 2.71. The Morgan fingerprint density at radius 3 is 2.65 bits per heavy atom. The third-order valence-corrected chi connectivity index (χ3v) is 6.16. The highest BCUT2D eigenvalue weighted by atomic mass is 16.2. The zero-order valence-electron chi connectivity index (χ0n) is 15.5. The molecule has 0 spiro atoms. The van der Waals surface area contributed by atoms with Gasteiger partial charge in [0, 0.05) is 44.3 Å². The van der Waals surface area contributed by atoms with Crippen molar-refractivity contribution in [3.8, 4) is 0 Å². The summed E-state index contributed by atoms with van der Waals surface area (Å²) in [6.07, 6.45) is 7.58. The van der Waals surface area contributed by atoms with Gasteiger partial charge in [-0.3, -0.25) is 9.59 Å². The summed E-state index contributed by atoms with van der Waals surface area (Å²) in [5.74, 6) is 0.160. The highest BCUT2D eigenvalue weighted by Crippen LogP contribution is 2.30. The Hall–Kier alpha value is -2.04. The Morgan fingerprint density at radius 2 is 1.85 bits per heavy atom. The van der Waals surface area contributed by atoms with E-state index in [-0.39, 0.29) is 17.7 Å². The van der Waals surface area contributed by atoms with Gasteiger partial charge in [-0.05, 0) is 24.5 Å². The molecule has 1 aliphatic carbocycles. The van der Waals surface area contributed by atoms with Crippen LogP contribution in [0.4, 0.5) is 5.69 Å². The quantitative estimate of drug-likeness (QED) is 0.830. The number of likely N-dealkylation sites (tertiary alicyclic amines) is 1. The number of nitrogens with one attached hydrogen (secondary N) is 1. The Balaban J connectivity index is 1.43. The molecule has 1 atom stereocenters. The summed E-state index contributed by atoms with van der Waals surface area (Å²) < 4.78 is 0. The smallest absolute Gasteiger partial charge is 0.228 e. The summed E-state index contributed by atoms with van der Waals surface area (Å²) in [4.78, 5) is 29.7. The van der Waals surface area contributed by atoms with E-state index in [1.54, 1.807) is 0 Å². The number of amides is 2. The standard InChI is InChI=1S/C21H29N3O2/c25-20-13-17(15-24(20)18-8-3-1-2-4-9-18)21(26)23-12-11-22-19-10-6-5-7-16(19)14-23/h5-7,10,17-18,22H,1-4,8-9,11-15H2. The van der Waals surface area contributed by atoms with E-state index in [9.17, 15) is 9.59 Å². The molecule has 140 valence electrons. The first-order valence-corrected chi connectivity index (χ1v) is 10.1. The average molecular weight is 355 g/mol. The van der Waals surface area contributed by atoms with E-state index in [2.05, 4.69) is 17.4 Å². The lowest BCUT2D eigenvalue weighted by Gasteiger charge is -2.28. The lowest BCUT2D eigenvalue weighted by Crippen LogP contribution is -2.40. The van der Waals surface area contributed by atoms with Crippen molar-refractivity contribution in [1.29, 1.82) is 0 Å². The van der Waals surface area contributed by atoms with Crippen molar-refractivity contribution in [1.82, 2.24) is 9.80 Å². The molecule has 2 amide bonds. The Bertz CT molecular complexity index is 667. The predicted molar refractivity (Wildman–Crippen MR) is 102 cm³/mol. The fourth-order valence-electron chi connectivity index (χ4n) is 4.71. The largest absolute Gasteiger partial charge is 0.383 e. The van der Waals surface area contributed by atoms with E-state index < -0.39 is 0 Å². The van der Waals surface area contributed by atoms with Crippen LogP contribution in [0.3, 0.4) is 0 Å². The van der Waals surface area contributed by atoms with Gasteiger partial charge in [-0.25, -0.2) is 0 Å². The molecule has 0 radical (unpaired) electrons. The number of rotatable bonds is 2. The van der Waals surface area contributed by atoms with Crippen LogP contribution < -0.4 is 5.32 Å². The second-order valence-electron chi connectivity index (χ2n) is 7.94. The monoisotopic (exact) mass is 355 g/mol. The number of hydrogen-bond donors (Lipinski definition) is 1. The number of para-hydroxylation sites is 1. The van der Waals surface area contributed by atoms with Gasteiger partial charge in [0.15, 0.2) is 0 Å². The molecule has 0 bridgehead atoms. The molecule has 26 heavy (non-hydrogen) atoms. The van der Waals surface area contributed by atoms with Crippen LogP contribution in [0.5, 0.6) is 0 Å². The minimum atomic E-state index is -0.170. The Kier molecular flexibility index (Phi) is 5.14. The van der Waals surface area contributed by atoms with Crippen molar-refractivity contribution in [2.45, 2.75) is 57.5 Å². The summed E-state index contributed by atoms with van der Waals surface area (Å²) in [7, 11) is 0. The molecule has 1 aromatic rings. The van der Waals surface area contributed by atoms with E-state index >= 15 is 0 Å². The van der Waals surface area contributed by atoms with Gasteiger partial charge < -0.3 is 15.1 Å². The molecule has 5 nitrogen and oxygen atoms in total. The lowest BCUT2D eigenvalue weighted by atomic mass is 10.1. The van der Waals surface area contributed by atoms with Crippen molar-refractivity contribution >= 4 is 17.5 Å². The first-order chi connectivity index (χ1) is 12.7. The first kappa shape index (κ1) is 17.4. The van der Waals surface area contributed by atoms with Gasteiger partial charge in [-0.1, -0.05) is 43.9 Å². The van der Waals surface area contributed by atoms with Crippen LogP contribution in [0, 0.1) is 5.92 Å². The van der Waals surface area contributed by atoms with Gasteiger partial charge in [0.1, 0.15) is 0 Å². The van der Waals surface area contributed by atoms with E-state index in [1.807, 2.05) is 21.9 Å². The zero-order chi connectivity index (χ0) is 17.9. The summed E-state index contributed by atoms with van der Waals surface area (Å²) in [5.41, 5.74) is 2.27. The fraction of sp³-hybridized carbons (Fsp3) is 0.619. The van der Waals surface area contributed by atoms with Crippen molar-refractivity contribution in [3.05, 3.63) is 29.8 Å². The van der Waals surface area contributed by atoms with Gasteiger partial charge in [-0.2, -0.15) is 0 Å². The number of anilines is 1. The number of fused-ring (bicyclic) bond motifs is 1. The second kappa shape index (κ2) is 7.68. The van der Waals surface area contributed by atoms with E-state index in [0.717, 1.165) is 30.6 Å². The summed E-state index contributed by atoms with van der Waals surface area (Å²) >= 11 is 0. The number of nitrogens with zero attached hydrogens (tertiary/aromatic N) is 2. The van der Waals surface area contributed by atoms with Crippen molar-refractivity contribution < 1.29 is 9.59 Å². The molecule has 3 aliphatic rings. The molecular weight excluding hydrogens is 326 g/mol. The molecule has 2 heterocycles. The van der Waals surface area contributed by atoms with Crippen LogP contribution in [-0.2, 0) is 16.1 Å². The maximum absolute atomic E-state index is 13.1. The fourth-order valence-corrected chi connectivity index (χ4v) is 4.71. The zero-order valence-corrected chi connectivity index (χ0v) is 15.5. The minimum absolute atomic E-state index is 0.146. The number of carbonyl (C=O) groups excluding carboxylic acids is 2. The van der Waals surface area contributed by atoms with Gasteiger partial charge >= 0.3 is 0 Å². The molecule has 1 N–H and O–H groups in total. The van der Waals surface area contributed by atoms with E-state index in [4.69, 9.17) is 0 Å². The number of carbonyl (C=O) groups is 2. The predicted octanol–water partition coefficient (Wildman–Crippen LogP) is 3.01. The van der Waals surface area contributed by atoms with Crippen LogP contribution in [0.1, 0.15) is 50.5 Å². The normalized spacial score (nSPS) is 24.6. The van der Waals surface area contributed by atoms with Crippen LogP contribution in [-0.4, -0.2) is 47.3 Å². The number of hydrogen-bond acceptors (Lipinski definition) is 3. The molecule has 2 fully saturated rings. The number of benzene rings is 1. The Morgan fingerprint density at radius 1 is 1.08 bits per heavy atom. The van der Waals surface area contributed by atoms with Crippen molar-refractivity contribution in [3.63, 3.8) is 0 Å². The molecule has 1 saturated carbocycles. The minimum Gasteiger partial charge on any atom is -0.383 e. The van der Waals surface area contributed by atoms with Gasteiger partial charge in [0.05, 0.1) is 5.92 Å². The lowest BCUT2D eigenvalue weighted by molar-refractivity contribution is -0.136. The highest BCUT2D eigenvalue weighted by Gasteiger charge is 2.39. The second-order valence-corrected chi connectivity index (χ2v) is 7.94. The third kappa shape index (κ3) is 3.57. The maximum atomic E-state index is 13.1. The van der Waals surface area contributed by atoms with Crippen LogP contribution in [0.15, 0.2) is 24.3 Å². The maximum Gasteiger partial charge on any atom is 0.228 e. The molecular formula is C21H29N3O2. The van der Waals surface area contributed by atoms with Gasteiger partial charge in [0.25, 0.3) is 0 Å². The molecule has 4 rings (SSSR count). The first-order valence-electron chi connectivity index (χ1n) is 10.1. The van der Waals surface area contributed by atoms with Crippen LogP contribution in [0.2, 0.25) is 0 Å². The van der Waals surface area contributed by atoms with Gasteiger partial charge in [0.2, 0.25) is 11.8 Å². The SMILES string of the molecule is O=C(C1CC(=O)N(C2CCCCCC2)C1)N1CCNc2ccccc2C1. The molecule has 5 heteroatoms. The molecule has 1 aromatic carbocycles. The Labute approximate surface area is 155 Å². The summed E-state index contributed by atoms with van der Waals surface area (Å²) in [5, 5.41) is 3.41. The van der Waals surface area contributed by atoms with Gasteiger partial charge in [-0.15, -0.1) is 0 Å². The van der Waals surface area contributed by atoms with Crippen LogP contribution in [0.25, 0.3) is 0 Å². The van der Waals surface area contributed by atoms with E-state index in [0.29, 0.717) is 32.1 Å². The highest BCUT2D eigenvalue weighted by molar-refractivity contribution is 5.89. The molecule has 1 unspecified atom stereocenters. The van der Waals surface area contributed by atoms with Crippen LogP contribution >= 0.6 is 0 Å². The average Bonchev–Trinajstić information content (AvgIpc) is 2.86. The van der Waals surface area contributed by atoms with E-state index in [1.165, 1.54) is 25.7 Å². The molecule has 2 aliphatic heterocycles.